The van der Waals surface area contributed by atoms with Crippen molar-refractivity contribution in [3.8, 4) is 0 Å². The highest BCUT2D eigenvalue weighted by atomic mass is 35.5. The first-order chi connectivity index (χ1) is 10.8. The van der Waals surface area contributed by atoms with E-state index in [2.05, 4.69) is 35.6 Å². The summed E-state index contributed by atoms with van der Waals surface area (Å²) in [4.78, 5) is 12.4. The lowest BCUT2D eigenvalue weighted by Gasteiger charge is -2.24. The first-order valence-electron chi connectivity index (χ1n) is 8.27. The quantitative estimate of drug-likeness (QED) is 0.890. The van der Waals surface area contributed by atoms with Gasteiger partial charge in [0.05, 0.1) is 6.04 Å². The van der Waals surface area contributed by atoms with E-state index < -0.39 is 0 Å². The van der Waals surface area contributed by atoms with Crippen LogP contribution < -0.4 is 11.1 Å². The van der Waals surface area contributed by atoms with Gasteiger partial charge in [-0.25, -0.2) is 0 Å². The van der Waals surface area contributed by atoms with E-state index in [0.717, 1.165) is 18.4 Å². The molecule has 0 radical (unpaired) electrons. The third-order valence-electron chi connectivity index (χ3n) is 4.70. The molecule has 2 aromatic carbocycles. The SMILES string of the molecule is Cl.NCC(NC(=O)C1CCCCC1)c1ccc2ccccc2c1. The Bertz CT molecular complexity index is 653. The van der Waals surface area contributed by atoms with Crippen LogP contribution in [0, 0.1) is 5.92 Å². The van der Waals surface area contributed by atoms with E-state index in [-0.39, 0.29) is 30.3 Å². The van der Waals surface area contributed by atoms with Crippen molar-refractivity contribution in [1.82, 2.24) is 5.32 Å². The maximum Gasteiger partial charge on any atom is 0.223 e. The number of hydrogen-bond acceptors (Lipinski definition) is 2. The average molecular weight is 333 g/mol. The van der Waals surface area contributed by atoms with Crippen molar-refractivity contribution >= 4 is 29.1 Å². The number of nitrogens with two attached hydrogens (primary N) is 1. The van der Waals surface area contributed by atoms with Gasteiger partial charge >= 0.3 is 0 Å². The number of carbonyl (C=O) groups is 1. The van der Waals surface area contributed by atoms with Crippen LogP contribution in [0.1, 0.15) is 43.7 Å². The van der Waals surface area contributed by atoms with Gasteiger partial charge in [-0.1, -0.05) is 55.7 Å². The third-order valence-corrected chi connectivity index (χ3v) is 4.70. The Morgan fingerprint density at radius 2 is 1.78 bits per heavy atom. The number of amides is 1. The van der Waals surface area contributed by atoms with Crippen LogP contribution in [0.15, 0.2) is 42.5 Å². The first-order valence-corrected chi connectivity index (χ1v) is 8.27. The Hall–Kier alpha value is -1.58. The fourth-order valence-electron chi connectivity index (χ4n) is 3.36. The Morgan fingerprint density at radius 3 is 2.48 bits per heavy atom. The maximum absolute atomic E-state index is 12.4. The number of halogens is 1. The molecule has 1 aliphatic rings. The van der Waals surface area contributed by atoms with E-state index in [1.54, 1.807) is 0 Å². The molecule has 3 rings (SSSR count). The van der Waals surface area contributed by atoms with Crippen molar-refractivity contribution < 1.29 is 4.79 Å². The van der Waals surface area contributed by atoms with E-state index >= 15 is 0 Å². The number of fused-ring (bicyclic) bond motifs is 1. The summed E-state index contributed by atoms with van der Waals surface area (Å²) in [7, 11) is 0. The first kappa shape index (κ1) is 17.8. The lowest BCUT2D eigenvalue weighted by Crippen LogP contribution is -2.38. The number of rotatable bonds is 4. The Labute approximate surface area is 144 Å². The van der Waals surface area contributed by atoms with E-state index in [1.165, 1.54) is 30.0 Å². The molecule has 0 saturated heterocycles. The summed E-state index contributed by atoms with van der Waals surface area (Å²) in [5, 5.41) is 5.55. The van der Waals surface area contributed by atoms with Crippen molar-refractivity contribution in [2.45, 2.75) is 38.1 Å². The van der Waals surface area contributed by atoms with Crippen molar-refractivity contribution in [2.24, 2.45) is 11.7 Å². The molecule has 1 fully saturated rings. The van der Waals surface area contributed by atoms with Crippen LogP contribution >= 0.6 is 12.4 Å². The van der Waals surface area contributed by atoms with Gasteiger partial charge in [0.2, 0.25) is 5.91 Å². The zero-order valence-electron chi connectivity index (χ0n) is 13.3. The molecule has 0 heterocycles. The van der Waals surface area contributed by atoms with Gasteiger partial charge in [-0.05, 0) is 35.2 Å². The van der Waals surface area contributed by atoms with Crippen molar-refractivity contribution in [3.63, 3.8) is 0 Å². The van der Waals surface area contributed by atoms with Gasteiger partial charge in [-0.3, -0.25) is 4.79 Å². The number of benzene rings is 2. The fourth-order valence-corrected chi connectivity index (χ4v) is 3.36. The third kappa shape index (κ3) is 4.24. The molecule has 1 unspecified atom stereocenters. The normalized spacial score (nSPS) is 16.6. The van der Waals surface area contributed by atoms with E-state index in [4.69, 9.17) is 5.73 Å². The molecule has 23 heavy (non-hydrogen) atoms. The summed E-state index contributed by atoms with van der Waals surface area (Å²) >= 11 is 0. The second-order valence-corrected chi connectivity index (χ2v) is 6.24. The fraction of sp³-hybridized carbons (Fsp3) is 0.421. The molecule has 124 valence electrons. The summed E-state index contributed by atoms with van der Waals surface area (Å²) in [6.07, 6.45) is 5.62. The lowest BCUT2D eigenvalue weighted by atomic mass is 9.88. The van der Waals surface area contributed by atoms with Gasteiger partial charge in [-0.2, -0.15) is 0 Å². The van der Waals surface area contributed by atoms with Crippen LogP contribution in [0.2, 0.25) is 0 Å². The van der Waals surface area contributed by atoms with Crippen molar-refractivity contribution in [3.05, 3.63) is 48.0 Å². The second kappa shape index (κ2) is 8.32. The molecule has 0 bridgehead atoms. The molecular formula is C19H25ClN2O. The van der Waals surface area contributed by atoms with E-state index in [1.807, 2.05) is 12.1 Å². The van der Waals surface area contributed by atoms with Gasteiger partial charge < -0.3 is 11.1 Å². The Morgan fingerprint density at radius 1 is 1.09 bits per heavy atom. The number of nitrogens with one attached hydrogen (secondary N) is 1. The van der Waals surface area contributed by atoms with Crippen LogP contribution in [-0.2, 0) is 4.79 Å². The highest BCUT2D eigenvalue weighted by Crippen LogP contribution is 2.25. The topological polar surface area (TPSA) is 55.1 Å². The van der Waals surface area contributed by atoms with E-state index in [0.29, 0.717) is 6.54 Å². The summed E-state index contributed by atoms with van der Waals surface area (Å²) in [5.41, 5.74) is 7.00. The summed E-state index contributed by atoms with van der Waals surface area (Å²) in [6.45, 7) is 0.427. The minimum atomic E-state index is -0.0981. The largest absolute Gasteiger partial charge is 0.348 e. The lowest BCUT2D eigenvalue weighted by molar-refractivity contribution is -0.126. The van der Waals surface area contributed by atoms with Crippen LogP contribution in [0.5, 0.6) is 0 Å². The predicted octanol–water partition coefficient (Wildman–Crippen LogP) is 3.96. The Balaban J connectivity index is 0.00000192. The van der Waals surface area contributed by atoms with Crippen LogP contribution in [0.3, 0.4) is 0 Å². The van der Waals surface area contributed by atoms with Gasteiger partial charge in [0, 0.05) is 12.5 Å². The molecular weight excluding hydrogens is 308 g/mol. The molecule has 2 aromatic rings. The van der Waals surface area contributed by atoms with Gasteiger partial charge in [0.1, 0.15) is 0 Å². The molecule has 1 atom stereocenters. The molecule has 0 aliphatic heterocycles. The smallest absolute Gasteiger partial charge is 0.223 e. The molecule has 4 heteroatoms. The van der Waals surface area contributed by atoms with Gasteiger partial charge in [0.25, 0.3) is 0 Å². The molecule has 3 nitrogen and oxygen atoms in total. The second-order valence-electron chi connectivity index (χ2n) is 6.24. The molecule has 0 aromatic heterocycles. The number of hydrogen-bond donors (Lipinski definition) is 2. The van der Waals surface area contributed by atoms with Crippen LogP contribution in [0.4, 0.5) is 0 Å². The Kier molecular flexibility index (Phi) is 6.43. The van der Waals surface area contributed by atoms with Crippen LogP contribution in [0.25, 0.3) is 10.8 Å². The summed E-state index contributed by atoms with van der Waals surface area (Å²) < 4.78 is 0. The van der Waals surface area contributed by atoms with Crippen LogP contribution in [-0.4, -0.2) is 12.5 Å². The molecule has 1 saturated carbocycles. The highest BCUT2D eigenvalue weighted by Gasteiger charge is 2.23. The summed E-state index contributed by atoms with van der Waals surface area (Å²) in [6, 6.07) is 14.5. The monoisotopic (exact) mass is 332 g/mol. The minimum Gasteiger partial charge on any atom is -0.348 e. The molecule has 1 amide bonds. The highest BCUT2D eigenvalue weighted by molar-refractivity contribution is 5.85. The zero-order valence-corrected chi connectivity index (χ0v) is 14.1. The van der Waals surface area contributed by atoms with E-state index in [9.17, 15) is 4.79 Å². The average Bonchev–Trinajstić information content (AvgIpc) is 2.59. The van der Waals surface area contributed by atoms with Crippen molar-refractivity contribution in [1.29, 1.82) is 0 Å². The maximum atomic E-state index is 12.4. The van der Waals surface area contributed by atoms with Crippen molar-refractivity contribution in [2.75, 3.05) is 6.54 Å². The van der Waals surface area contributed by atoms with Gasteiger partial charge in [0.15, 0.2) is 0 Å². The number of carbonyl (C=O) groups excluding carboxylic acids is 1. The molecule has 0 spiro atoms. The minimum absolute atomic E-state index is 0. The summed E-state index contributed by atoms with van der Waals surface area (Å²) in [5.74, 6) is 0.339. The molecule has 1 aliphatic carbocycles. The zero-order chi connectivity index (χ0) is 15.4. The standard InChI is InChI=1S/C19H24N2O.ClH/c20-13-18(21-19(22)15-7-2-1-3-8-15)17-11-10-14-6-4-5-9-16(14)12-17;/h4-6,9-12,15,18H,1-3,7-8,13,20H2,(H,21,22);1H. The van der Waals surface area contributed by atoms with Gasteiger partial charge in [-0.15, -0.1) is 12.4 Å². The predicted molar refractivity (Wildman–Crippen MR) is 97.7 cm³/mol. The molecule has 3 N–H and O–H groups in total.